The first kappa shape index (κ1) is 22.6. The number of hydrogen-bond acceptors (Lipinski definition) is 7. The van der Waals surface area contributed by atoms with Crippen LogP contribution in [0.2, 0.25) is 5.02 Å². The third-order valence-electron chi connectivity index (χ3n) is 4.64. The van der Waals surface area contributed by atoms with Crippen molar-refractivity contribution in [3.8, 4) is 6.07 Å². The zero-order chi connectivity index (χ0) is 22.4. The van der Waals surface area contributed by atoms with Crippen LogP contribution in [0, 0.1) is 11.3 Å². The SMILES string of the molecule is CN1CCN(C(=O)C(C#N)=NNc2ccc(S(=O)(=O)Nc3cccc(Cl)c3)cc2)CC1. The van der Waals surface area contributed by atoms with E-state index >= 15 is 0 Å². The monoisotopic (exact) mass is 460 g/mol. The van der Waals surface area contributed by atoms with Gasteiger partial charge in [0.05, 0.1) is 16.3 Å². The standard InChI is InChI=1S/C20H21ClN6O3S/c1-26-9-11-27(12-10-26)20(28)19(14-22)24-23-16-5-7-18(8-6-16)31(29,30)25-17-4-2-3-15(21)13-17/h2-8,13,23,25H,9-12H2,1H3. The first-order valence-corrected chi connectivity index (χ1v) is 11.2. The van der Waals surface area contributed by atoms with E-state index in [1.54, 1.807) is 23.1 Å². The van der Waals surface area contributed by atoms with Gasteiger partial charge in [-0.15, -0.1) is 0 Å². The number of hydrogen-bond donors (Lipinski definition) is 2. The summed E-state index contributed by atoms with van der Waals surface area (Å²) in [5, 5.41) is 13.6. The van der Waals surface area contributed by atoms with Crippen molar-refractivity contribution < 1.29 is 13.2 Å². The Labute approximate surface area is 186 Å². The fourth-order valence-electron chi connectivity index (χ4n) is 2.88. The Kier molecular flexibility index (Phi) is 7.12. The van der Waals surface area contributed by atoms with E-state index in [4.69, 9.17) is 11.6 Å². The van der Waals surface area contributed by atoms with Gasteiger partial charge in [0.25, 0.3) is 15.9 Å². The highest BCUT2D eigenvalue weighted by molar-refractivity contribution is 7.92. The van der Waals surface area contributed by atoms with Crippen molar-refractivity contribution in [2.24, 2.45) is 5.10 Å². The number of benzene rings is 2. The zero-order valence-electron chi connectivity index (χ0n) is 16.7. The Hall–Kier alpha value is -3.13. The summed E-state index contributed by atoms with van der Waals surface area (Å²) in [7, 11) is -1.84. The summed E-state index contributed by atoms with van der Waals surface area (Å²) < 4.78 is 27.5. The summed E-state index contributed by atoms with van der Waals surface area (Å²) in [6, 6.07) is 14.0. The van der Waals surface area contributed by atoms with Gasteiger partial charge < -0.3 is 9.80 Å². The van der Waals surface area contributed by atoms with Gasteiger partial charge in [0.15, 0.2) is 0 Å². The van der Waals surface area contributed by atoms with Crippen LogP contribution >= 0.6 is 11.6 Å². The third kappa shape index (κ3) is 5.95. The Morgan fingerprint density at radius 1 is 1.10 bits per heavy atom. The Morgan fingerprint density at radius 3 is 2.39 bits per heavy atom. The third-order valence-corrected chi connectivity index (χ3v) is 6.27. The molecule has 1 amide bonds. The van der Waals surface area contributed by atoms with Crippen LogP contribution in [0.1, 0.15) is 0 Å². The summed E-state index contributed by atoms with van der Waals surface area (Å²) >= 11 is 5.88. The minimum Gasteiger partial charge on any atom is -0.334 e. The van der Waals surface area contributed by atoms with Gasteiger partial charge in [0.1, 0.15) is 6.07 Å². The normalized spacial score (nSPS) is 15.3. The molecule has 9 nitrogen and oxygen atoms in total. The van der Waals surface area contributed by atoms with Gasteiger partial charge in [-0.25, -0.2) is 8.42 Å². The summed E-state index contributed by atoms with van der Waals surface area (Å²) in [4.78, 5) is 16.2. The molecule has 0 radical (unpaired) electrons. The van der Waals surface area contributed by atoms with Crippen molar-refractivity contribution in [2.75, 3.05) is 43.4 Å². The smallest absolute Gasteiger partial charge is 0.285 e. The molecular weight excluding hydrogens is 440 g/mol. The molecule has 0 atom stereocenters. The molecule has 3 rings (SSSR count). The number of carbonyl (C=O) groups is 1. The lowest BCUT2D eigenvalue weighted by Gasteiger charge is -2.31. The van der Waals surface area contributed by atoms with Crippen LogP contribution in [0.25, 0.3) is 0 Å². The van der Waals surface area contributed by atoms with Gasteiger partial charge in [-0.3, -0.25) is 14.9 Å². The van der Waals surface area contributed by atoms with Crippen molar-refractivity contribution >= 4 is 44.6 Å². The summed E-state index contributed by atoms with van der Waals surface area (Å²) in [6.07, 6.45) is 0. The van der Waals surface area contributed by atoms with Gasteiger partial charge in [0, 0.05) is 31.2 Å². The number of halogens is 1. The molecule has 1 aliphatic rings. The first-order chi connectivity index (χ1) is 14.8. The molecule has 0 aromatic heterocycles. The van der Waals surface area contributed by atoms with E-state index in [0.29, 0.717) is 29.5 Å². The van der Waals surface area contributed by atoms with Crippen molar-refractivity contribution in [3.05, 3.63) is 53.6 Å². The minimum atomic E-state index is -3.80. The van der Waals surface area contributed by atoms with Gasteiger partial charge in [-0.05, 0) is 49.5 Å². The molecule has 0 spiro atoms. The number of likely N-dealkylation sites (N-methyl/N-ethyl adjacent to an activating group) is 1. The highest BCUT2D eigenvalue weighted by Gasteiger charge is 2.23. The second-order valence-corrected chi connectivity index (χ2v) is 9.04. The predicted octanol–water partition coefficient (Wildman–Crippen LogP) is 2.21. The van der Waals surface area contributed by atoms with Crippen molar-refractivity contribution in [1.82, 2.24) is 9.80 Å². The maximum Gasteiger partial charge on any atom is 0.285 e. The fraction of sp³-hybridized carbons (Fsp3) is 0.250. The fourth-order valence-corrected chi connectivity index (χ4v) is 4.11. The molecular formula is C20H21ClN6O3S. The Balaban J connectivity index is 1.66. The van der Waals surface area contributed by atoms with E-state index < -0.39 is 15.9 Å². The van der Waals surface area contributed by atoms with Gasteiger partial charge in [-0.2, -0.15) is 10.4 Å². The summed E-state index contributed by atoms with van der Waals surface area (Å²) in [6.45, 7) is 2.53. The number of nitrogens with one attached hydrogen (secondary N) is 2. The van der Waals surface area contributed by atoms with Crippen LogP contribution in [0.3, 0.4) is 0 Å². The van der Waals surface area contributed by atoms with Crippen LogP contribution in [-0.4, -0.2) is 63.1 Å². The lowest BCUT2D eigenvalue weighted by atomic mass is 10.3. The lowest BCUT2D eigenvalue weighted by Crippen LogP contribution is -2.49. The van der Waals surface area contributed by atoms with E-state index in [9.17, 15) is 18.5 Å². The van der Waals surface area contributed by atoms with Gasteiger partial charge in [0.2, 0.25) is 5.71 Å². The lowest BCUT2D eigenvalue weighted by molar-refractivity contribution is -0.125. The number of amides is 1. The molecule has 0 unspecified atom stereocenters. The Bertz CT molecular complexity index is 1120. The van der Waals surface area contributed by atoms with Crippen LogP contribution in [0.4, 0.5) is 11.4 Å². The molecule has 1 heterocycles. The number of hydrazone groups is 1. The van der Waals surface area contributed by atoms with E-state index in [2.05, 4.69) is 20.1 Å². The molecule has 2 N–H and O–H groups in total. The van der Waals surface area contributed by atoms with E-state index in [-0.39, 0.29) is 10.6 Å². The summed E-state index contributed by atoms with van der Waals surface area (Å²) in [5.41, 5.74) is 3.15. The average Bonchev–Trinajstić information content (AvgIpc) is 2.74. The number of carbonyl (C=O) groups excluding carboxylic acids is 1. The van der Waals surface area contributed by atoms with Gasteiger partial charge in [-0.1, -0.05) is 17.7 Å². The second kappa shape index (κ2) is 9.78. The molecule has 0 aliphatic carbocycles. The van der Waals surface area contributed by atoms with Crippen LogP contribution < -0.4 is 10.1 Å². The molecule has 162 valence electrons. The van der Waals surface area contributed by atoms with Crippen LogP contribution in [-0.2, 0) is 14.8 Å². The number of nitriles is 1. The number of rotatable bonds is 6. The van der Waals surface area contributed by atoms with Crippen LogP contribution in [0.5, 0.6) is 0 Å². The maximum atomic E-state index is 12.5. The quantitative estimate of drug-likeness (QED) is 0.504. The van der Waals surface area contributed by atoms with Crippen LogP contribution in [0.15, 0.2) is 58.5 Å². The molecule has 1 aliphatic heterocycles. The van der Waals surface area contributed by atoms with E-state index in [1.165, 1.54) is 30.3 Å². The maximum absolute atomic E-state index is 12.5. The highest BCUT2D eigenvalue weighted by Crippen LogP contribution is 2.20. The van der Waals surface area contributed by atoms with E-state index in [1.807, 2.05) is 13.1 Å². The molecule has 0 bridgehead atoms. The Morgan fingerprint density at radius 2 is 1.77 bits per heavy atom. The molecule has 2 aromatic carbocycles. The molecule has 2 aromatic rings. The minimum absolute atomic E-state index is 0.0380. The molecule has 31 heavy (non-hydrogen) atoms. The predicted molar refractivity (Wildman–Crippen MR) is 119 cm³/mol. The number of sulfonamides is 1. The summed E-state index contributed by atoms with van der Waals surface area (Å²) in [5.74, 6) is -0.437. The first-order valence-electron chi connectivity index (χ1n) is 9.38. The molecule has 1 saturated heterocycles. The van der Waals surface area contributed by atoms with Gasteiger partial charge >= 0.3 is 0 Å². The topological polar surface area (TPSA) is 118 Å². The largest absolute Gasteiger partial charge is 0.334 e. The number of anilines is 2. The van der Waals surface area contributed by atoms with E-state index in [0.717, 1.165) is 13.1 Å². The number of piperazine rings is 1. The highest BCUT2D eigenvalue weighted by atomic mass is 35.5. The van der Waals surface area contributed by atoms with Crippen molar-refractivity contribution in [3.63, 3.8) is 0 Å². The zero-order valence-corrected chi connectivity index (χ0v) is 18.3. The number of nitrogens with zero attached hydrogens (tertiary/aromatic N) is 4. The van der Waals surface area contributed by atoms with Crippen molar-refractivity contribution in [2.45, 2.75) is 4.90 Å². The molecule has 1 fully saturated rings. The molecule has 11 heteroatoms. The molecule has 0 saturated carbocycles. The van der Waals surface area contributed by atoms with Crippen molar-refractivity contribution in [1.29, 1.82) is 5.26 Å². The average molecular weight is 461 g/mol. The second-order valence-electron chi connectivity index (χ2n) is 6.92.